The average Bonchev–Trinajstić information content (AvgIpc) is 3.11. The summed E-state index contributed by atoms with van der Waals surface area (Å²) in [5, 5.41) is 11.3. The van der Waals surface area contributed by atoms with Gasteiger partial charge >= 0.3 is 12.2 Å². The normalized spacial score (nSPS) is 20.6. The fourth-order valence-corrected chi connectivity index (χ4v) is 5.66. The first kappa shape index (κ1) is 21.1. The second kappa shape index (κ2) is 7.86. The van der Waals surface area contributed by atoms with Gasteiger partial charge in [0.25, 0.3) is 0 Å². The average molecular weight is 459 g/mol. The van der Waals surface area contributed by atoms with E-state index in [0.29, 0.717) is 17.7 Å². The second-order valence-electron chi connectivity index (χ2n) is 7.40. The number of Topliss-reactive ketones (excluding diaryl/α,β-unsaturated/α-hetero) is 1. The van der Waals surface area contributed by atoms with E-state index < -0.39 is 29.4 Å². The lowest BCUT2D eigenvalue weighted by Gasteiger charge is -2.45. The maximum Gasteiger partial charge on any atom is 0.417 e. The molecule has 0 spiro atoms. The monoisotopic (exact) mass is 458 g/mol. The summed E-state index contributed by atoms with van der Waals surface area (Å²) >= 11 is 6.99. The van der Waals surface area contributed by atoms with Gasteiger partial charge in [-0.1, -0.05) is 11.6 Å². The highest BCUT2D eigenvalue weighted by Crippen LogP contribution is 2.45. The van der Waals surface area contributed by atoms with E-state index in [1.807, 2.05) is 0 Å². The van der Waals surface area contributed by atoms with E-state index >= 15 is 0 Å². The zero-order valence-corrected chi connectivity index (χ0v) is 17.2. The van der Waals surface area contributed by atoms with Gasteiger partial charge < -0.3 is 15.3 Å². The summed E-state index contributed by atoms with van der Waals surface area (Å²) in [6, 6.07) is 4.18. The molecule has 1 aromatic heterocycles. The number of benzene rings is 1. The van der Waals surface area contributed by atoms with Crippen molar-refractivity contribution in [3.8, 4) is 0 Å². The minimum Gasteiger partial charge on any atom is -0.388 e. The largest absolute Gasteiger partial charge is 0.417 e. The summed E-state index contributed by atoms with van der Waals surface area (Å²) in [6.45, 7) is -0.574. The zero-order chi connectivity index (χ0) is 21.6. The van der Waals surface area contributed by atoms with Crippen LogP contribution in [0.4, 0.5) is 23.7 Å². The molecule has 5 nitrogen and oxygen atoms in total. The SMILES string of the molecule is O=C(CO)c1cc2c(s1)CC1CCCC2N1C(=O)Nc1ccc(Cl)c(C(F)(F)F)c1. The Labute approximate surface area is 179 Å². The molecule has 0 aliphatic carbocycles. The summed E-state index contributed by atoms with van der Waals surface area (Å²) in [7, 11) is 0. The molecular formula is C20H18ClF3N2O3S. The van der Waals surface area contributed by atoms with Crippen molar-refractivity contribution in [1.29, 1.82) is 0 Å². The van der Waals surface area contributed by atoms with Crippen LogP contribution in [0, 0.1) is 0 Å². The molecule has 1 aromatic carbocycles. The molecule has 0 saturated carbocycles. The summed E-state index contributed by atoms with van der Waals surface area (Å²) in [4.78, 5) is 28.1. The fourth-order valence-electron chi connectivity index (χ4n) is 4.21. The van der Waals surface area contributed by atoms with Gasteiger partial charge in [-0.3, -0.25) is 4.79 Å². The third kappa shape index (κ3) is 3.81. The minimum atomic E-state index is -4.62. The Bertz CT molecular complexity index is 1010. The summed E-state index contributed by atoms with van der Waals surface area (Å²) in [5.74, 6) is -0.360. The van der Waals surface area contributed by atoms with Gasteiger partial charge in [-0.05, 0) is 49.1 Å². The fraction of sp³-hybridized carbons (Fsp3) is 0.400. The highest BCUT2D eigenvalue weighted by atomic mass is 35.5. The van der Waals surface area contributed by atoms with E-state index in [-0.39, 0.29) is 23.6 Å². The van der Waals surface area contributed by atoms with Crippen molar-refractivity contribution in [2.75, 3.05) is 11.9 Å². The number of hydrogen-bond donors (Lipinski definition) is 2. The van der Waals surface area contributed by atoms with Crippen molar-refractivity contribution in [1.82, 2.24) is 4.90 Å². The zero-order valence-electron chi connectivity index (χ0n) is 15.6. The van der Waals surface area contributed by atoms with E-state index in [1.54, 1.807) is 11.0 Å². The maximum absolute atomic E-state index is 13.1. The molecule has 1 fully saturated rings. The van der Waals surface area contributed by atoms with Crippen LogP contribution in [0.2, 0.25) is 5.02 Å². The lowest BCUT2D eigenvalue weighted by atomic mass is 9.84. The smallest absolute Gasteiger partial charge is 0.388 e. The molecule has 0 radical (unpaired) electrons. The van der Waals surface area contributed by atoms with Crippen LogP contribution in [-0.2, 0) is 12.6 Å². The van der Waals surface area contributed by atoms with E-state index in [9.17, 15) is 22.8 Å². The minimum absolute atomic E-state index is 0.0158. The number of rotatable bonds is 3. The molecular weight excluding hydrogens is 441 g/mol. The summed E-state index contributed by atoms with van der Waals surface area (Å²) in [6.07, 6.45) is -1.65. The number of thiophene rings is 1. The van der Waals surface area contributed by atoms with Crippen molar-refractivity contribution in [3.63, 3.8) is 0 Å². The number of urea groups is 1. The van der Waals surface area contributed by atoms with Crippen molar-refractivity contribution in [2.24, 2.45) is 0 Å². The number of hydrogen-bond acceptors (Lipinski definition) is 4. The van der Waals surface area contributed by atoms with Crippen LogP contribution in [0.25, 0.3) is 0 Å². The van der Waals surface area contributed by atoms with Crippen molar-refractivity contribution < 1.29 is 27.9 Å². The molecule has 2 aliphatic heterocycles. The first-order valence-corrected chi connectivity index (χ1v) is 10.6. The van der Waals surface area contributed by atoms with Crippen LogP contribution >= 0.6 is 22.9 Å². The summed E-state index contributed by atoms with van der Waals surface area (Å²) < 4.78 is 39.4. The predicted molar refractivity (Wildman–Crippen MR) is 107 cm³/mol. The number of fused-ring (bicyclic) bond motifs is 4. The number of piperidine rings is 1. The van der Waals surface area contributed by atoms with Gasteiger partial charge in [0, 0.05) is 23.0 Å². The van der Waals surface area contributed by atoms with Crippen LogP contribution in [0.5, 0.6) is 0 Å². The molecule has 4 rings (SSSR count). The number of amides is 2. The van der Waals surface area contributed by atoms with Crippen molar-refractivity contribution >= 4 is 40.4 Å². The third-order valence-electron chi connectivity index (χ3n) is 5.54. The van der Waals surface area contributed by atoms with Gasteiger partial charge in [0.05, 0.1) is 21.5 Å². The lowest BCUT2D eigenvalue weighted by molar-refractivity contribution is -0.137. The number of nitrogens with one attached hydrogen (secondary N) is 1. The summed E-state index contributed by atoms with van der Waals surface area (Å²) in [5.41, 5.74) is -0.106. The third-order valence-corrected chi connectivity index (χ3v) is 7.09. The van der Waals surface area contributed by atoms with Crippen LogP contribution < -0.4 is 5.32 Å². The maximum atomic E-state index is 13.1. The molecule has 2 atom stereocenters. The highest BCUT2D eigenvalue weighted by molar-refractivity contribution is 7.14. The Hall–Kier alpha value is -2.10. The van der Waals surface area contributed by atoms with Gasteiger partial charge in [-0.25, -0.2) is 4.79 Å². The number of anilines is 1. The molecule has 3 heterocycles. The van der Waals surface area contributed by atoms with E-state index in [2.05, 4.69) is 5.32 Å². The van der Waals surface area contributed by atoms with Gasteiger partial charge in [0.1, 0.15) is 6.61 Å². The number of aliphatic hydroxyl groups is 1. The van der Waals surface area contributed by atoms with Crippen LogP contribution in [0.3, 0.4) is 0 Å². The number of halogens is 4. The number of nitrogens with zero attached hydrogens (tertiary/aromatic N) is 1. The highest BCUT2D eigenvalue weighted by Gasteiger charge is 2.42. The topological polar surface area (TPSA) is 69.6 Å². The van der Waals surface area contributed by atoms with E-state index in [1.165, 1.54) is 17.4 Å². The molecule has 2 N–H and O–H groups in total. The molecule has 2 aromatic rings. The number of carbonyl (C=O) groups excluding carboxylic acids is 2. The molecule has 10 heteroatoms. The Kier molecular flexibility index (Phi) is 5.54. The Morgan fingerprint density at radius 1 is 1.27 bits per heavy atom. The molecule has 160 valence electrons. The molecule has 2 unspecified atom stereocenters. The number of carbonyl (C=O) groups is 2. The van der Waals surface area contributed by atoms with Gasteiger partial charge in [0.15, 0.2) is 5.78 Å². The first-order valence-electron chi connectivity index (χ1n) is 9.41. The van der Waals surface area contributed by atoms with Crippen molar-refractivity contribution in [3.05, 3.63) is 50.2 Å². The number of aliphatic hydroxyl groups excluding tert-OH is 1. The van der Waals surface area contributed by atoms with Crippen molar-refractivity contribution in [2.45, 2.75) is 43.9 Å². The lowest BCUT2D eigenvalue weighted by Crippen LogP contribution is -2.51. The molecule has 30 heavy (non-hydrogen) atoms. The van der Waals surface area contributed by atoms with E-state index in [0.717, 1.165) is 35.4 Å². The number of alkyl halides is 3. The molecule has 2 aliphatic rings. The molecule has 2 amide bonds. The van der Waals surface area contributed by atoms with Gasteiger partial charge in [-0.15, -0.1) is 11.3 Å². The second-order valence-corrected chi connectivity index (χ2v) is 8.95. The molecule has 1 saturated heterocycles. The quantitative estimate of drug-likeness (QED) is 0.615. The Balaban J connectivity index is 1.61. The van der Waals surface area contributed by atoms with Crippen LogP contribution in [0.1, 0.15) is 51.0 Å². The Morgan fingerprint density at radius 3 is 2.73 bits per heavy atom. The first-order chi connectivity index (χ1) is 14.2. The van der Waals surface area contributed by atoms with Crippen LogP contribution in [0.15, 0.2) is 24.3 Å². The van der Waals surface area contributed by atoms with Gasteiger partial charge in [0.2, 0.25) is 0 Å². The Morgan fingerprint density at radius 2 is 2.03 bits per heavy atom. The number of ketones is 1. The molecule has 2 bridgehead atoms. The predicted octanol–water partition coefficient (Wildman–Crippen LogP) is 5.28. The van der Waals surface area contributed by atoms with Crippen LogP contribution in [-0.4, -0.2) is 34.5 Å². The van der Waals surface area contributed by atoms with E-state index in [4.69, 9.17) is 16.7 Å². The standard InChI is InChI=1S/C20H18ClF3N2O3S/c21-14-5-4-10(6-13(14)20(22,23)24)25-19(29)26-11-2-1-3-15(26)12-8-18(16(28)9-27)30-17(12)7-11/h4-6,8,11,15,27H,1-3,7,9H2,(H,25,29). The van der Waals surface area contributed by atoms with Gasteiger partial charge in [-0.2, -0.15) is 13.2 Å².